The van der Waals surface area contributed by atoms with Gasteiger partial charge in [0.05, 0.1) is 0 Å². The van der Waals surface area contributed by atoms with E-state index in [0.29, 0.717) is 0 Å². The highest BCUT2D eigenvalue weighted by Gasteiger charge is 2.18. The van der Waals surface area contributed by atoms with Crippen molar-refractivity contribution in [3.05, 3.63) is 20.8 Å². The number of hydrogen-bond acceptors (Lipinski definition) is 3. The van der Waals surface area contributed by atoms with Crippen molar-refractivity contribution in [1.29, 1.82) is 0 Å². The van der Waals surface area contributed by atoms with Crippen LogP contribution in [0.4, 0.5) is 0 Å². The molecule has 2 heterocycles. The average Bonchev–Trinajstić information content (AvgIpc) is 2.67. The van der Waals surface area contributed by atoms with Gasteiger partial charge in [0.25, 0.3) is 0 Å². The molecule has 0 radical (unpaired) electrons. The second-order valence-corrected chi connectivity index (χ2v) is 6.42. The number of rotatable bonds is 4. The molecular weight excluding hydrogens is 284 g/mol. The fraction of sp³-hybridized carbons (Fsp3) is 0.667. The van der Waals surface area contributed by atoms with Crippen LogP contribution < -0.4 is 5.32 Å². The highest BCUT2D eigenvalue weighted by Crippen LogP contribution is 2.23. The molecule has 0 saturated carbocycles. The van der Waals surface area contributed by atoms with E-state index in [2.05, 4.69) is 44.6 Å². The van der Waals surface area contributed by atoms with Crippen LogP contribution in [0.25, 0.3) is 0 Å². The van der Waals surface area contributed by atoms with Crippen LogP contribution in [0, 0.1) is 5.92 Å². The number of likely N-dealkylation sites (tertiary alicyclic amines) is 1. The molecule has 0 amide bonds. The summed E-state index contributed by atoms with van der Waals surface area (Å²) in [5.74, 6) is 0.885. The van der Waals surface area contributed by atoms with Crippen LogP contribution in [0.5, 0.6) is 0 Å². The summed E-state index contributed by atoms with van der Waals surface area (Å²) < 4.78 is 1.22. The number of hydrogen-bond donors (Lipinski definition) is 1. The Morgan fingerprint density at radius 3 is 2.81 bits per heavy atom. The summed E-state index contributed by atoms with van der Waals surface area (Å²) in [5.41, 5.74) is 0. The number of halogens is 1. The molecule has 0 spiro atoms. The number of thiophene rings is 1. The van der Waals surface area contributed by atoms with Gasteiger partial charge in [-0.1, -0.05) is 0 Å². The van der Waals surface area contributed by atoms with Crippen molar-refractivity contribution in [2.45, 2.75) is 19.4 Å². The molecule has 1 N–H and O–H groups in total. The Morgan fingerprint density at radius 2 is 2.25 bits per heavy atom. The fourth-order valence-electron chi connectivity index (χ4n) is 2.29. The molecule has 16 heavy (non-hydrogen) atoms. The minimum atomic E-state index is 0.885. The molecule has 1 aromatic heterocycles. The number of piperidine rings is 1. The molecule has 1 saturated heterocycles. The summed E-state index contributed by atoms with van der Waals surface area (Å²) in [6, 6.07) is 2.24. The molecule has 1 fully saturated rings. The predicted molar refractivity (Wildman–Crippen MR) is 73.9 cm³/mol. The Balaban J connectivity index is 1.77. The van der Waals surface area contributed by atoms with E-state index in [4.69, 9.17) is 0 Å². The van der Waals surface area contributed by atoms with E-state index >= 15 is 0 Å². The van der Waals surface area contributed by atoms with Crippen molar-refractivity contribution in [3.63, 3.8) is 0 Å². The van der Waals surface area contributed by atoms with Crippen molar-refractivity contribution < 1.29 is 0 Å². The Hall–Kier alpha value is 0.1000. The van der Waals surface area contributed by atoms with Crippen LogP contribution >= 0.6 is 27.3 Å². The highest BCUT2D eigenvalue weighted by atomic mass is 79.9. The molecule has 2 rings (SSSR count). The first kappa shape index (κ1) is 12.6. The maximum atomic E-state index is 3.51. The standard InChI is InChI=1S/C12H19BrN2S/c1-14-7-10-2-4-15(5-3-10)8-12-6-11(13)9-16-12/h6,9-10,14H,2-5,7-8H2,1H3. The van der Waals surface area contributed by atoms with E-state index in [1.54, 1.807) is 0 Å². The van der Waals surface area contributed by atoms with E-state index < -0.39 is 0 Å². The second kappa shape index (κ2) is 6.15. The quantitative estimate of drug-likeness (QED) is 0.920. The lowest BCUT2D eigenvalue weighted by atomic mass is 9.97. The molecule has 90 valence electrons. The average molecular weight is 303 g/mol. The maximum absolute atomic E-state index is 3.51. The summed E-state index contributed by atoms with van der Waals surface area (Å²) in [6.45, 7) is 4.81. The summed E-state index contributed by atoms with van der Waals surface area (Å²) in [4.78, 5) is 4.05. The van der Waals surface area contributed by atoms with Crippen molar-refractivity contribution >= 4 is 27.3 Å². The van der Waals surface area contributed by atoms with Gasteiger partial charge in [0.1, 0.15) is 0 Å². The molecule has 0 aromatic carbocycles. The van der Waals surface area contributed by atoms with Gasteiger partial charge < -0.3 is 5.32 Å². The zero-order chi connectivity index (χ0) is 11.4. The molecular formula is C12H19BrN2S. The van der Waals surface area contributed by atoms with E-state index in [1.165, 1.54) is 41.8 Å². The lowest BCUT2D eigenvalue weighted by Gasteiger charge is -2.31. The Kier molecular flexibility index (Phi) is 4.82. The van der Waals surface area contributed by atoms with Crippen molar-refractivity contribution in [2.24, 2.45) is 5.92 Å². The molecule has 0 aliphatic carbocycles. The molecule has 1 aliphatic rings. The lowest BCUT2D eigenvalue weighted by Crippen LogP contribution is -2.36. The third-order valence-corrected chi connectivity index (χ3v) is 4.88. The van der Waals surface area contributed by atoms with Gasteiger partial charge in [-0.15, -0.1) is 11.3 Å². The first-order chi connectivity index (χ1) is 7.78. The van der Waals surface area contributed by atoms with Crippen LogP contribution in [-0.2, 0) is 6.54 Å². The van der Waals surface area contributed by atoms with E-state index in [9.17, 15) is 0 Å². The van der Waals surface area contributed by atoms with Gasteiger partial charge >= 0.3 is 0 Å². The molecule has 2 nitrogen and oxygen atoms in total. The molecule has 0 atom stereocenters. The van der Waals surface area contributed by atoms with Gasteiger partial charge in [0, 0.05) is 21.3 Å². The third kappa shape index (κ3) is 3.55. The first-order valence-corrected chi connectivity index (χ1v) is 7.55. The normalized spacial score (nSPS) is 19.1. The minimum Gasteiger partial charge on any atom is -0.319 e. The zero-order valence-corrected chi connectivity index (χ0v) is 12.1. The summed E-state index contributed by atoms with van der Waals surface area (Å²) in [7, 11) is 2.05. The van der Waals surface area contributed by atoms with E-state index in [0.717, 1.165) is 12.5 Å². The topological polar surface area (TPSA) is 15.3 Å². The maximum Gasteiger partial charge on any atom is 0.0328 e. The van der Waals surface area contributed by atoms with Gasteiger partial charge in [0.15, 0.2) is 0 Å². The van der Waals surface area contributed by atoms with Crippen LogP contribution in [0.3, 0.4) is 0 Å². The van der Waals surface area contributed by atoms with Gasteiger partial charge in [0.2, 0.25) is 0 Å². The van der Waals surface area contributed by atoms with Gasteiger partial charge in [-0.2, -0.15) is 0 Å². The molecule has 0 unspecified atom stereocenters. The summed E-state index contributed by atoms with van der Waals surface area (Å²) >= 11 is 5.36. The Bertz CT molecular complexity index is 319. The van der Waals surface area contributed by atoms with Crippen LogP contribution in [-0.4, -0.2) is 31.6 Å². The number of nitrogens with zero attached hydrogens (tertiary/aromatic N) is 1. The van der Waals surface area contributed by atoms with Gasteiger partial charge in [-0.3, -0.25) is 4.90 Å². The van der Waals surface area contributed by atoms with Crippen molar-refractivity contribution in [1.82, 2.24) is 10.2 Å². The van der Waals surface area contributed by atoms with Crippen LogP contribution in [0.15, 0.2) is 15.9 Å². The summed E-state index contributed by atoms with van der Waals surface area (Å²) in [6.07, 6.45) is 2.68. The van der Waals surface area contributed by atoms with Crippen LogP contribution in [0.1, 0.15) is 17.7 Å². The molecule has 0 bridgehead atoms. The van der Waals surface area contributed by atoms with Crippen molar-refractivity contribution in [2.75, 3.05) is 26.7 Å². The SMILES string of the molecule is CNCC1CCN(Cc2cc(Br)cs2)CC1. The van der Waals surface area contributed by atoms with Gasteiger partial charge in [-0.05, 0) is 67.4 Å². The molecule has 1 aliphatic heterocycles. The van der Waals surface area contributed by atoms with E-state index in [-0.39, 0.29) is 0 Å². The van der Waals surface area contributed by atoms with E-state index in [1.807, 2.05) is 11.3 Å². The largest absolute Gasteiger partial charge is 0.319 e. The van der Waals surface area contributed by atoms with Gasteiger partial charge in [-0.25, -0.2) is 0 Å². The second-order valence-electron chi connectivity index (χ2n) is 4.51. The smallest absolute Gasteiger partial charge is 0.0328 e. The first-order valence-electron chi connectivity index (χ1n) is 5.88. The predicted octanol–water partition coefficient (Wildman–Crippen LogP) is 2.94. The Morgan fingerprint density at radius 1 is 1.50 bits per heavy atom. The third-order valence-electron chi connectivity index (χ3n) is 3.20. The van der Waals surface area contributed by atoms with Crippen LogP contribution in [0.2, 0.25) is 0 Å². The zero-order valence-electron chi connectivity index (χ0n) is 9.71. The van der Waals surface area contributed by atoms with Crippen molar-refractivity contribution in [3.8, 4) is 0 Å². The molecule has 1 aromatic rings. The molecule has 4 heteroatoms. The highest BCUT2D eigenvalue weighted by molar-refractivity contribution is 9.10. The monoisotopic (exact) mass is 302 g/mol. The number of nitrogens with one attached hydrogen (secondary N) is 1. The minimum absolute atomic E-state index is 0.885. The fourth-order valence-corrected chi connectivity index (χ4v) is 3.79. The lowest BCUT2D eigenvalue weighted by molar-refractivity contribution is 0.178. The Labute approximate surface area is 110 Å². The summed E-state index contributed by atoms with van der Waals surface area (Å²) in [5, 5.41) is 5.45.